The summed E-state index contributed by atoms with van der Waals surface area (Å²) in [6.07, 6.45) is 3.86. The van der Waals surface area contributed by atoms with Gasteiger partial charge in [0.1, 0.15) is 0 Å². The van der Waals surface area contributed by atoms with Gasteiger partial charge in [0.2, 0.25) is 0 Å². The van der Waals surface area contributed by atoms with E-state index < -0.39 is 0 Å². The average molecular weight is 262 g/mol. The minimum absolute atomic E-state index is 0. The van der Waals surface area contributed by atoms with Crippen molar-refractivity contribution < 1.29 is 32.7 Å². The van der Waals surface area contributed by atoms with Crippen LogP contribution in [-0.2, 0) is 39.8 Å². The Labute approximate surface area is 110 Å². The molecular formula is C11H13N2Y+2. The second kappa shape index (κ2) is 4.54. The zero-order chi connectivity index (χ0) is 9.42. The third-order valence-electron chi connectivity index (χ3n) is 2.29. The number of pyridine rings is 1. The first-order valence-corrected chi connectivity index (χ1v) is 4.51. The summed E-state index contributed by atoms with van der Waals surface area (Å²) in [7, 11) is 2.01. The molecule has 2 heterocycles. The molecule has 0 aliphatic carbocycles. The van der Waals surface area contributed by atoms with Crippen LogP contribution in [0, 0.1) is 6.07 Å². The van der Waals surface area contributed by atoms with Crippen molar-refractivity contribution >= 4 is 10.9 Å². The molecule has 0 aliphatic rings. The van der Waals surface area contributed by atoms with E-state index in [0.717, 1.165) is 16.6 Å². The van der Waals surface area contributed by atoms with Crippen molar-refractivity contribution in [1.82, 2.24) is 9.55 Å². The van der Waals surface area contributed by atoms with Gasteiger partial charge in [-0.3, -0.25) is 4.98 Å². The van der Waals surface area contributed by atoms with Crippen LogP contribution in [0.4, 0.5) is 0 Å². The Balaban J connectivity index is 0.000000980. The van der Waals surface area contributed by atoms with Crippen molar-refractivity contribution in [3.8, 4) is 0 Å². The van der Waals surface area contributed by atoms with Gasteiger partial charge >= 0.3 is 32.7 Å². The molecule has 2 nitrogen and oxygen atoms in total. The predicted molar refractivity (Wildman–Crippen MR) is 53.6 cm³/mol. The van der Waals surface area contributed by atoms with Crippen LogP contribution < -0.4 is 0 Å². The molecule has 0 N–H and O–H groups in total. The molecule has 0 bridgehead atoms. The van der Waals surface area contributed by atoms with Crippen LogP contribution in [0.1, 0.15) is 25.5 Å². The Morgan fingerprint density at radius 2 is 2.14 bits per heavy atom. The summed E-state index contributed by atoms with van der Waals surface area (Å²) >= 11 is 0. The molecule has 0 spiro atoms. The molecule has 14 heavy (non-hydrogen) atoms. The fourth-order valence-corrected chi connectivity index (χ4v) is 1.41. The minimum Gasteiger partial charge on any atom is -0.412 e. The number of hydrogen-bond acceptors (Lipinski definition) is 1. The summed E-state index contributed by atoms with van der Waals surface area (Å²) in [6, 6.07) is 5.32. The van der Waals surface area contributed by atoms with Gasteiger partial charge in [-0.05, 0) is 30.4 Å². The number of nitrogens with zero attached hydrogens (tertiary/aromatic N) is 2. The van der Waals surface area contributed by atoms with Crippen molar-refractivity contribution in [2.75, 3.05) is 0 Å². The van der Waals surface area contributed by atoms with Crippen LogP contribution in [0.25, 0.3) is 10.9 Å². The molecule has 0 fully saturated rings. The Morgan fingerprint density at radius 1 is 1.43 bits per heavy atom. The summed E-state index contributed by atoms with van der Waals surface area (Å²) in [6.45, 7) is 4.30. The van der Waals surface area contributed by atoms with Crippen LogP contribution in [0.15, 0.2) is 18.5 Å². The van der Waals surface area contributed by atoms with Gasteiger partial charge in [-0.25, -0.2) is 0 Å². The van der Waals surface area contributed by atoms with E-state index in [9.17, 15) is 0 Å². The third-order valence-corrected chi connectivity index (χ3v) is 2.29. The van der Waals surface area contributed by atoms with Crippen LogP contribution in [0.5, 0.6) is 0 Å². The second-order valence-electron chi connectivity index (χ2n) is 3.67. The Morgan fingerprint density at radius 3 is 2.79 bits per heavy atom. The zero-order valence-corrected chi connectivity index (χ0v) is 11.6. The van der Waals surface area contributed by atoms with E-state index in [2.05, 4.69) is 31.0 Å². The Kier molecular flexibility index (Phi) is 3.85. The first kappa shape index (κ1) is 11.9. The molecule has 3 heteroatoms. The van der Waals surface area contributed by atoms with Gasteiger partial charge in [0.05, 0.1) is 0 Å². The minimum atomic E-state index is 0. The smallest absolute Gasteiger partial charge is 0.412 e. The van der Waals surface area contributed by atoms with Gasteiger partial charge in [0.15, 0.2) is 0 Å². The summed E-state index contributed by atoms with van der Waals surface area (Å²) in [5.41, 5.74) is 2.28. The van der Waals surface area contributed by atoms with Crippen LogP contribution in [0.3, 0.4) is 0 Å². The summed E-state index contributed by atoms with van der Waals surface area (Å²) in [4.78, 5) is 4.40. The fourth-order valence-electron chi connectivity index (χ4n) is 1.41. The van der Waals surface area contributed by atoms with E-state index in [-0.39, 0.29) is 32.7 Å². The first-order valence-electron chi connectivity index (χ1n) is 4.51. The topological polar surface area (TPSA) is 17.8 Å². The van der Waals surface area contributed by atoms with Crippen molar-refractivity contribution in [2.24, 2.45) is 7.05 Å². The molecule has 0 saturated carbocycles. The van der Waals surface area contributed by atoms with Crippen LogP contribution >= 0.6 is 0 Å². The van der Waals surface area contributed by atoms with Crippen LogP contribution in [0.2, 0.25) is 0 Å². The molecule has 2 aromatic rings. The van der Waals surface area contributed by atoms with E-state index >= 15 is 0 Å². The number of aromatic nitrogens is 2. The molecule has 0 unspecified atom stereocenters. The monoisotopic (exact) mass is 262 g/mol. The molecule has 0 amide bonds. The third kappa shape index (κ3) is 2.07. The predicted octanol–water partition coefficient (Wildman–Crippen LogP) is 2.49. The first-order chi connectivity index (χ1) is 6.18. The summed E-state index contributed by atoms with van der Waals surface area (Å²) < 4.78 is 2.03. The van der Waals surface area contributed by atoms with Gasteiger partial charge in [0.25, 0.3) is 0 Å². The number of aryl methyl sites for hydroxylation is 1. The van der Waals surface area contributed by atoms with Gasteiger partial charge in [-0.2, -0.15) is 11.5 Å². The molecule has 0 saturated heterocycles. The van der Waals surface area contributed by atoms with Gasteiger partial charge in [-0.15, -0.1) is 6.07 Å². The number of hydrogen-bond donors (Lipinski definition) is 0. The second-order valence-corrected chi connectivity index (χ2v) is 3.67. The van der Waals surface area contributed by atoms with E-state index in [4.69, 9.17) is 0 Å². The van der Waals surface area contributed by atoms with Crippen molar-refractivity contribution in [1.29, 1.82) is 0 Å². The zero-order valence-electron chi connectivity index (χ0n) is 8.78. The largest absolute Gasteiger partial charge is 3.00 e. The molecule has 0 aromatic carbocycles. The average Bonchev–Trinajstić information content (AvgIpc) is 2.47. The van der Waals surface area contributed by atoms with E-state index in [0.29, 0.717) is 5.92 Å². The standard InChI is InChI=1S/C11H13N2.Y/c1-8(2)10-6-9-4-5-13(3)11(9)7-12-10;/h5-8H,1-3H3;/q-1;+3. The molecule has 0 radical (unpaired) electrons. The summed E-state index contributed by atoms with van der Waals surface area (Å²) in [5.74, 6) is 0.484. The molecule has 2 rings (SSSR count). The normalized spacial score (nSPS) is 10.6. The molecular weight excluding hydrogens is 249 g/mol. The summed E-state index contributed by atoms with van der Waals surface area (Å²) in [5, 5.41) is 1.15. The maximum atomic E-state index is 4.40. The maximum Gasteiger partial charge on any atom is 3.00 e. The number of fused-ring (bicyclic) bond motifs is 1. The van der Waals surface area contributed by atoms with Crippen molar-refractivity contribution in [3.63, 3.8) is 0 Å². The van der Waals surface area contributed by atoms with Crippen molar-refractivity contribution in [3.05, 3.63) is 30.2 Å². The number of rotatable bonds is 1. The Hall–Kier alpha value is -0.206. The van der Waals surface area contributed by atoms with E-state index in [1.54, 1.807) is 0 Å². The van der Waals surface area contributed by atoms with Crippen molar-refractivity contribution in [2.45, 2.75) is 19.8 Å². The van der Waals surface area contributed by atoms with Gasteiger partial charge < -0.3 is 4.57 Å². The molecule has 0 aliphatic heterocycles. The van der Waals surface area contributed by atoms with E-state index in [1.807, 2.05) is 24.0 Å². The van der Waals surface area contributed by atoms with Gasteiger partial charge in [-0.1, -0.05) is 20.0 Å². The maximum absolute atomic E-state index is 4.40. The van der Waals surface area contributed by atoms with E-state index in [1.165, 1.54) is 0 Å². The SMILES string of the molecule is CC(C)c1cc2[c-]cn(C)c2cn1.[Y+3]. The van der Waals surface area contributed by atoms with Gasteiger partial charge in [0, 0.05) is 0 Å². The molecule has 2 aromatic heterocycles. The Bertz CT molecular complexity index is 432. The molecule has 68 valence electrons. The molecule has 0 atom stereocenters. The quantitative estimate of drug-likeness (QED) is 0.722. The van der Waals surface area contributed by atoms with Crippen LogP contribution in [-0.4, -0.2) is 9.55 Å². The fraction of sp³-hybridized carbons (Fsp3) is 0.364.